The van der Waals surface area contributed by atoms with Crippen LogP contribution in [0.5, 0.6) is 0 Å². The summed E-state index contributed by atoms with van der Waals surface area (Å²) in [6.45, 7) is -0.186. The molecule has 0 spiro atoms. The second-order valence-electron chi connectivity index (χ2n) is 4.35. The summed E-state index contributed by atoms with van der Waals surface area (Å²) in [5, 5.41) is 12.2. The zero-order valence-corrected chi connectivity index (χ0v) is 9.55. The van der Waals surface area contributed by atoms with Gasteiger partial charge in [0.25, 0.3) is 0 Å². The maximum absolute atomic E-state index is 11.6. The van der Waals surface area contributed by atoms with Crippen LogP contribution in [0.25, 0.3) is 11.0 Å². The highest BCUT2D eigenvalue weighted by molar-refractivity contribution is 5.91. The topological polar surface area (TPSA) is 117 Å². The van der Waals surface area contributed by atoms with E-state index in [1.54, 1.807) is 6.20 Å². The van der Waals surface area contributed by atoms with Crippen LogP contribution in [0.3, 0.4) is 0 Å². The molecule has 0 unspecified atom stereocenters. The molecular weight excluding hydrogens is 234 g/mol. The number of Topliss-reactive ketones (excluding diaryl/α,β-unsaturated/α-hetero) is 1. The fraction of sp³-hybridized carbons (Fsp3) is 0.364. The molecule has 5 N–H and O–H groups in total. The van der Waals surface area contributed by atoms with Gasteiger partial charge in [0.05, 0.1) is 18.2 Å². The molecule has 1 fully saturated rings. The third kappa shape index (κ3) is 1.56. The minimum Gasteiger partial charge on any atom is -0.394 e. The first-order valence-corrected chi connectivity index (χ1v) is 5.67. The van der Waals surface area contributed by atoms with E-state index in [0.29, 0.717) is 23.3 Å². The Balaban J connectivity index is 2.01. The monoisotopic (exact) mass is 247 g/mol. The predicted octanol–water partition coefficient (Wildman–Crippen LogP) is -0.496. The third-order valence-corrected chi connectivity index (χ3v) is 3.28. The van der Waals surface area contributed by atoms with Crippen LogP contribution in [0.4, 0.5) is 5.82 Å². The quantitative estimate of drug-likeness (QED) is 0.568. The highest BCUT2D eigenvalue weighted by Gasteiger charge is 2.33. The lowest BCUT2D eigenvalue weighted by atomic mass is 10.1. The number of nitrogens with two attached hydrogens (primary N) is 1. The Labute approximate surface area is 102 Å². The van der Waals surface area contributed by atoms with E-state index in [1.165, 1.54) is 6.33 Å². The number of H-pyrrole nitrogens is 1. The van der Waals surface area contributed by atoms with E-state index < -0.39 is 6.04 Å². The van der Waals surface area contributed by atoms with Crippen molar-refractivity contribution in [2.75, 3.05) is 12.3 Å². The van der Waals surface area contributed by atoms with Crippen LogP contribution in [-0.4, -0.2) is 38.5 Å². The van der Waals surface area contributed by atoms with Gasteiger partial charge in [0.15, 0.2) is 11.6 Å². The molecule has 0 aliphatic carbocycles. The van der Waals surface area contributed by atoms with E-state index in [4.69, 9.17) is 10.8 Å². The van der Waals surface area contributed by atoms with Gasteiger partial charge >= 0.3 is 0 Å². The molecule has 2 aromatic rings. The first kappa shape index (κ1) is 11.1. The van der Waals surface area contributed by atoms with Crippen molar-refractivity contribution in [3.05, 3.63) is 18.1 Å². The molecule has 3 heterocycles. The normalized spacial score (nSPS) is 23.9. The second-order valence-corrected chi connectivity index (χ2v) is 4.35. The number of ketones is 1. The highest BCUT2D eigenvalue weighted by atomic mass is 16.3. The summed E-state index contributed by atoms with van der Waals surface area (Å²) in [7, 11) is 0. The Morgan fingerprint density at radius 2 is 2.33 bits per heavy atom. The summed E-state index contributed by atoms with van der Waals surface area (Å²) in [5.74, 6) is 0.396. The van der Waals surface area contributed by atoms with E-state index in [2.05, 4.69) is 20.3 Å². The maximum atomic E-state index is 11.6. The van der Waals surface area contributed by atoms with Crippen LogP contribution in [0, 0.1) is 0 Å². The number of aliphatic hydroxyl groups is 1. The summed E-state index contributed by atoms with van der Waals surface area (Å²) < 4.78 is 0. The minimum atomic E-state index is -0.487. The molecule has 7 heteroatoms. The van der Waals surface area contributed by atoms with Gasteiger partial charge in [-0.2, -0.15) is 0 Å². The van der Waals surface area contributed by atoms with Crippen molar-refractivity contribution < 1.29 is 9.90 Å². The number of nitrogens with one attached hydrogen (secondary N) is 2. The Kier molecular flexibility index (Phi) is 2.49. The molecular formula is C11H13N5O2. The van der Waals surface area contributed by atoms with Gasteiger partial charge in [0, 0.05) is 24.2 Å². The molecule has 3 rings (SSSR count). The molecule has 0 bridgehead atoms. The number of aliphatic hydroxyl groups excluding tert-OH is 1. The molecule has 2 aromatic heterocycles. The summed E-state index contributed by atoms with van der Waals surface area (Å²) in [5.41, 5.74) is 8.01. The van der Waals surface area contributed by atoms with Crippen LogP contribution in [0.15, 0.2) is 12.5 Å². The van der Waals surface area contributed by atoms with Crippen molar-refractivity contribution in [1.29, 1.82) is 0 Å². The Bertz CT molecular complexity index is 608. The first-order chi connectivity index (χ1) is 8.70. The van der Waals surface area contributed by atoms with Crippen molar-refractivity contribution in [2.24, 2.45) is 0 Å². The molecule has 0 amide bonds. The summed E-state index contributed by atoms with van der Waals surface area (Å²) >= 11 is 0. The molecule has 94 valence electrons. The van der Waals surface area contributed by atoms with Crippen molar-refractivity contribution in [2.45, 2.75) is 18.5 Å². The van der Waals surface area contributed by atoms with Gasteiger partial charge in [-0.25, -0.2) is 9.97 Å². The fourth-order valence-electron chi connectivity index (χ4n) is 2.34. The van der Waals surface area contributed by atoms with Gasteiger partial charge in [-0.05, 0) is 0 Å². The summed E-state index contributed by atoms with van der Waals surface area (Å²) in [6, 6.07) is -0.628. The van der Waals surface area contributed by atoms with Gasteiger partial charge in [-0.1, -0.05) is 0 Å². The molecule has 7 nitrogen and oxygen atoms in total. The molecule has 1 saturated heterocycles. The maximum Gasteiger partial charge on any atom is 0.154 e. The van der Waals surface area contributed by atoms with Gasteiger partial charge in [-0.3, -0.25) is 10.1 Å². The zero-order chi connectivity index (χ0) is 12.7. The van der Waals surface area contributed by atoms with E-state index >= 15 is 0 Å². The number of rotatable bonds is 2. The first-order valence-electron chi connectivity index (χ1n) is 5.67. The van der Waals surface area contributed by atoms with Gasteiger partial charge in [0.2, 0.25) is 0 Å². The lowest BCUT2D eigenvalue weighted by Crippen LogP contribution is -2.31. The Morgan fingerprint density at radius 3 is 3.06 bits per heavy atom. The Hall–Kier alpha value is -1.99. The van der Waals surface area contributed by atoms with Crippen LogP contribution < -0.4 is 11.1 Å². The van der Waals surface area contributed by atoms with Crippen molar-refractivity contribution in [1.82, 2.24) is 20.3 Å². The highest BCUT2D eigenvalue weighted by Crippen LogP contribution is 2.30. The molecule has 1 aliphatic heterocycles. The molecule has 1 aliphatic rings. The van der Waals surface area contributed by atoms with Crippen molar-refractivity contribution in [3.63, 3.8) is 0 Å². The largest absolute Gasteiger partial charge is 0.394 e. The van der Waals surface area contributed by atoms with Crippen LogP contribution in [-0.2, 0) is 4.79 Å². The molecule has 18 heavy (non-hydrogen) atoms. The smallest absolute Gasteiger partial charge is 0.154 e. The van der Waals surface area contributed by atoms with E-state index in [1.807, 2.05) is 0 Å². The van der Waals surface area contributed by atoms with Crippen LogP contribution in [0.2, 0.25) is 0 Å². The lowest BCUT2D eigenvalue weighted by molar-refractivity contribution is -0.119. The zero-order valence-electron chi connectivity index (χ0n) is 9.55. The SMILES string of the molecule is Nc1ncnc2c([C@H]3CC(=O)[C@@H](CO)N3)c[nH]c12. The van der Waals surface area contributed by atoms with E-state index in [0.717, 1.165) is 5.56 Å². The number of carbonyl (C=O) groups is 1. The number of anilines is 1. The lowest BCUT2D eigenvalue weighted by Gasteiger charge is -2.10. The van der Waals surface area contributed by atoms with Crippen LogP contribution in [0.1, 0.15) is 18.0 Å². The molecule has 2 atom stereocenters. The van der Waals surface area contributed by atoms with E-state index in [9.17, 15) is 4.79 Å². The van der Waals surface area contributed by atoms with Gasteiger partial charge < -0.3 is 15.8 Å². The number of nitrogen functional groups attached to an aromatic ring is 1. The predicted molar refractivity (Wildman–Crippen MR) is 64.7 cm³/mol. The molecule has 0 aromatic carbocycles. The van der Waals surface area contributed by atoms with Gasteiger partial charge in [-0.15, -0.1) is 0 Å². The number of fused-ring (bicyclic) bond motifs is 1. The summed E-state index contributed by atoms with van der Waals surface area (Å²) in [6.07, 6.45) is 3.53. The average molecular weight is 247 g/mol. The fourth-order valence-corrected chi connectivity index (χ4v) is 2.34. The van der Waals surface area contributed by atoms with E-state index in [-0.39, 0.29) is 18.4 Å². The van der Waals surface area contributed by atoms with Crippen molar-refractivity contribution >= 4 is 22.6 Å². The number of nitrogens with zero attached hydrogens (tertiary/aromatic N) is 2. The van der Waals surface area contributed by atoms with Crippen LogP contribution >= 0.6 is 0 Å². The van der Waals surface area contributed by atoms with Gasteiger partial charge in [0.1, 0.15) is 11.8 Å². The molecule has 0 radical (unpaired) electrons. The number of hydrogen-bond acceptors (Lipinski definition) is 6. The number of carbonyl (C=O) groups excluding carboxylic acids is 1. The summed E-state index contributed by atoms with van der Waals surface area (Å²) in [4.78, 5) is 22.7. The number of hydrogen-bond donors (Lipinski definition) is 4. The number of aromatic nitrogens is 3. The second kappa shape index (κ2) is 4.04. The Morgan fingerprint density at radius 1 is 1.50 bits per heavy atom. The van der Waals surface area contributed by atoms with Crippen molar-refractivity contribution in [3.8, 4) is 0 Å². The number of aromatic amines is 1. The third-order valence-electron chi connectivity index (χ3n) is 3.28. The molecule has 0 saturated carbocycles. The standard InChI is InChI=1S/C11H13N5O2/c12-11-10-9(14-4-15-11)5(2-13-10)6-1-8(18)7(3-17)16-6/h2,4,6-7,13,16-17H,1,3H2,(H2,12,14,15)/t6-,7-/m1/s1. The average Bonchev–Trinajstić information content (AvgIpc) is 2.93. The minimum absolute atomic E-state index is 0.0129.